The van der Waals surface area contributed by atoms with Crippen molar-refractivity contribution in [1.29, 1.82) is 0 Å². The number of carbonyl (C=O) groups is 3. The minimum absolute atomic E-state index is 0.0293. The van der Waals surface area contributed by atoms with Gasteiger partial charge >= 0.3 is 5.97 Å². The van der Waals surface area contributed by atoms with Crippen LogP contribution in [0, 0.1) is 0 Å². The number of thioether (sulfide) groups is 1. The number of carboxylic acid groups (broad SMARTS) is 1. The number of amides is 1. The van der Waals surface area contributed by atoms with Gasteiger partial charge < -0.3 is 5.11 Å². The molecule has 0 aliphatic carbocycles. The van der Waals surface area contributed by atoms with Gasteiger partial charge in [-0.05, 0) is 12.1 Å². The lowest BCUT2D eigenvalue weighted by molar-refractivity contribution is -0.117. The Morgan fingerprint density at radius 1 is 1.50 bits per heavy atom. The van der Waals surface area contributed by atoms with E-state index in [1.807, 2.05) is 0 Å². The van der Waals surface area contributed by atoms with E-state index < -0.39 is 5.97 Å². The third-order valence-corrected chi connectivity index (χ3v) is 3.94. The van der Waals surface area contributed by atoms with Crippen molar-refractivity contribution < 1.29 is 19.5 Å². The summed E-state index contributed by atoms with van der Waals surface area (Å²) >= 11 is 6.84. The molecule has 2 rings (SSSR count). The van der Waals surface area contributed by atoms with Crippen LogP contribution >= 0.6 is 23.4 Å². The van der Waals surface area contributed by atoms with Gasteiger partial charge in [0.15, 0.2) is 10.9 Å². The van der Waals surface area contributed by atoms with Crippen LogP contribution in [0.2, 0.25) is 5.15 Å². The van der Waals surface area contributed by atoms with Crippen LogP contribution in [0.3, 0.4) is 0 Å². The number of halogens is 1. The number of carbonyl (C=O) groups excluding carboxylic acids is 2. The molecule has 0 radical (unpaired) electrons. The van der Waals surface area contributed by atoms with Crippen molar-refractivity contribution in [3.8, 4) is 0 Å². The fraction of sp³-hybridized carbons (Fsp3) is 0.333. The standard InChI is InChI=1S/C12H11ClN2O4S/c1-6(16)20-7-4-10(17)15(5-7)11-8(12(18)19)2-3-9(13)14-11/h2-3,7H,4-5H2,1H3,(H,18,19). The number of carboxylic acids is 1. The Bertz CT molecular complexity index is 593. The smallest absolute Gasteiger partial charge is 0.339 e. The highest BCUT2D eigenvalue weighted by atomic mass is 35.5. The number of aromatic nitrogens is 1. The Kier molecular flexibility index (Phi) is 4.29. The van der Waals surface area contributed by atoms with Crippen LogP contribution in [0.15, 0.2) is 12.1 Å². The molecule has 0 saturated carbocycles. The van der Waals surface area contributed by atoms with Crippen LogP contribution < -0.4 is 4.90 Å². The average molecular weight is 315 g/mol. The first-order chi connectivity index (χ1) is 9.38. The van der Waals surface area contributed by atoms with Crippen LogP contribution in [0.25, 0.3) is 0 Å². The summed E-state index contributed by atoms with van der Waals surface area (Å²) in [7, 11) is 0. The fourth-order valence-corrected chi connectivity index (χ4v) is 3.05. The van der Waals surface area contributed by atoms with E-state index in [1.165, 1.54) is 24.0 Å². The fourth-order valence-electron chi connectivity index (χ4n) is 1.99. The van der Waals surface area contributed by atoms with E-state index in [-0.39, 0.29) is 45.8 Å². The first kappa shape index (κ1) is 14.8. The van der Waals surface area contributed by atoms with Crippen LogP contribution in [0.4, 0.5) is 5.82 Å². The molecule has 0 aromatic carbocycles. The van der Waals surface area contributed by atoms with Gasteiger partial charge in [-0.3, -0.25) is 14.5 Å². The Morgan fingerprint density at radius 2 is 2.20 bits per heavy atom. The maximum absolute atomic E-state index is 12.0. The molecule has 1 aromatic heterocycles. The molecule has 20 heavy (non-hydrogen) atoms. The number of rotatable bonds is 3. The van der Waals surface area contributed by atoms with E-state index in [1.54, 1.807) is 0 Å². The molecule has 1 aromatic rings. The van der Waals surface area contributed by atoms with Gasteiger partial charge in [0.05, 0.1) is 0 Å². The van der Waals surface area contributed by atoms with Crippen LogP contribution in [0.5, 0.6) is 0 Å². The summed E-state index contributed by atoms with van der Waals surface area (Å²) in [5.41, 5.74) is -0.0868. The monoisotopic (exact) mass is 314 g/mol. The van der Waals surface area contributed by atoms with E-state index in [0.29, 0.717) is 0 Å². The molecule has 0 spiro atoms. The lowest BCUT2D eigenvalue weighted by atomic mass is 10.2. The van der Waals surface area contributed by atoms with Crippen molar-refractivity contribution in [2.24, 2.45) is 0 Å². The number of anilines is 1. The van der Waals surface area contributed by atoms with E-state index in [4.69, 9.17) is 16.7 Å². The third kappa shape index (κ3) is 3.10. The molecule has 1 fully saturated rings. The van der Waals surface area contributed by atoms with Crippen molar-refractivity contribution in [3.05, 3.63) is 22.8 Å². The Morgan fingerprint density at radius 3 is 2.80 bits per heavy atom. The topological polar surface area (TPSA) is 87.6 Å². The van der Waals surface area contributed by atoms with Gasteiger partial charge in [0.2, 0.25) is 5.91 Å². The predicted octanol–water partition coefficient (Wildman–Crippen LogP) is 1.82. The summed E-state index contributed by atoms with van der Waals surface area (Å²) < 4.78 is 0. The van der Waals surface area contributed by atoms with Gasteiger partial charge in [0, 0.05) is 25.1 Å². The van der Waals surface area contributed by atoms with Gasteiger partial charge in [0.25, 0.3) is 0 Å². The van der Waals surface area contributed by atoms with Crippen LogP contribution in [-0.4, -0.2) is 38.9 Å². The zero-order chi connectivity index (χ0) is 14.9. The third-order valence-electron chi connectivity index (χ3n) is 2.75. The van der Waals surface area contributed by atoms with Gasteiger partial charge in [-0.25, -0.2) is 9.78 Å². The molecule has 1 atom stereocenters. The number of hydrogen-bond donors (Lipinski definition) is 1. The Hall–Kier alpha value is -1.60. The summed E-state index contributed by atoms with van der Waals surface area (Å²) in [6, 6.07) is 2.67. The highest BCUT2D eigenvalue weighted by molar-refractivity contribution is 8.14. The maximum Gasteiger partial charge on any atom is 0.339 e. The molecule has 1 aliphatic rings. The molecule has 1 unspecified atom stereocenters. The largest absolute Gasteiger partial charge is 0.478 e. The summed E-state index contributed by atoms with van der Waals surface area (Å²) in [5.74, 6) is -1.41. The zero-order valence-electron chi connectivity index (χ0n) is 10.5. The minimum atomic E-state index is -1.18. The normalized spacial score (nSPS) is 18.4. The zero-order valence-corrected chi connectivity index (χ0v) is 12.1. The van der Waals surface area contributed by atoms with Gasteiger partial charge in [-0.15, -0.1) is 0 Å². The van der Waals surface area contributed by atoms with Gasteiger partial charge in [-0.1, -0.05) is 23.4 Å². The highest BCUT2D eigenvalue weighted by Gasteiger charge is 2.34. The summed E-state index contributed by atoms with van der Waals surface area (Å²) in [5, 5.41) is 8.97. The maximum atomic E-state index is 12.0. The molecule has 1 amide bonds. The van der Waals surface area contributed by atoms with Crippen molar-refractivity contribution >= 4 is 46.2 Å². The quantitative estimate of drug-likeness (QED) is 0.856. The van der Waals surface area contributed by atoms with Crippen molar-refractivity contribution in [2.45, 2.75) is 18.6 Å². The molecule has 1 aliphatic heterocycles. The average Bonchev–Trinajstić information content (AvgIpc) is 2.68. The van der Waals surface area contributed by atoms with Crippen LogP contribution in [-0.2, 0) is 9.59 Å². The van der Waals surface area contributed by atoms with E-state index >= 15 is 0 Å². The second-order valence-electron chi connectivity index (χ2n) is 4.25. The first-order valence-electron chi connectivity index (χ1n) is 5.76. The molecule has 1 saturated heterocycles. The minimum Gasteiger partial charge on any atom is -0.478 e. The van der Waals surface area contributed by atoms with Crippen molar-refractivity contribution in [3.63, 3.8) is 0 Å². The van der Waals surface area contributed by atoms with Crippen molar-refractivity contribution in [2.75, 3.05) is 11.4 Å². The summed E-state index contributed by atoms with van der Waals surface area (Å²) in [6.07, 6.45) is 0.178. The Labute approximate surface area is 124 Å². The molecule has 6 nitrogen and oxygen atoms in total. The lowest BCUT2D eigenvalue weighted by Crippen LogP contribution is -2.28. The number of pyridine rings is 1. The van der Waals surface area contributed by atoms with Gasteiger partial charge in [-0.2, -0.15) is 0 Å². The van der Waals surface area contributed by atoms with E-state index in [0.717, 1.165) is 11.8 Å². The summed E-state index contributed by atoms with van der Waals surface area (Å²) in [4.78, 5) is 39.4. The van der Waals surface area contributed by atoms with Crippen LogP contribution in [0.1, 0.15) is 23.7 Å². The molecular formula is C12H11ClN2O4S. The first-order valence-corrected chi connectivity index (χ1v) is 7.01. The van der Waals surface area contributed by atoms with E-state index in [9.17, 15) is 14.4 Å². The molecule has 2 heterocycles. The molecule has 1 N–H and O–H groups in total. The number of aromatic carboxylic acids is 1. The predicted molar refractivity (Wildman–Crippen MR) is 75.2 cm³/mol. The lowest BCUT2D eigenvalue weighted by Gasteiger charge is -2.17. The number of hydrogen-bond acceptors (Lipinski definition) is 5. The van der Waals surface area contributed by atoms with E-state index in [2.05, 4.69) is 4.98 Å². The number of nitrogens with zero attached hydrogens (tertiary/aromatic N) is 2. The Balaban J connectivity index is 2.32. The molecule has 8 heteroatoms. The molecule has 106 valence electrons. The van der Waals surface area contributed by atoms with Crippen molar-refractivity contribution in [1.82, 2.24) is 4.98 Å². The molecule has 0 bridgehead atoms. The SMILES string of the molecule is CC(=O)SC1CC(=O)N(c2nc(Cl)ccc2C(=O)O)C1. The molecular weight excluding hydrogens is 304 g/mol. The second-order valence-corrected chi connectivity index (χ2v) is 6.11. The second kappa shape index (κ2) is 5.80. The van der Waals surface area contributed by atoms with Gasteiger partial charge in [0.1, 0.15) is 10.7 Å². The summed E-state index contributed by atoms with van der Waals surface area (Å²) in [6.45, 7) is 1.68. The highest BCUT2D eigenvalue weighted by Crippen LogP contribution is 2.30.